The number of hydrogen-bond donors (Lipinski definition) is 1. The van der Waals surface area contributed by atoms with E-state index in [0.29, 0.717) is 12.0 Å². The minimum absolute atomic E-state index is 0.432. The van der Waals surface area contributed by atoms with Gasteiger partial charge in [0.1, 0.15) is 5.82 Å². The molecule has 1 aliphatic heterocycles. The summed E-state index contributed by atoms with van der Waals surface area (Å²) in [6.07, 6.45) is 5.80. The zero-order chi connectivity index (χ0) is 13.7. The normalized spacial score (nSPS) is 25.2. The van der Waals surface area contributed by atoms with Gasteiger partial charge in [-0.1, -0.05) is 13.3 Å². The molecular weight excluding hydrogens is 236 g/mol. The van der Waals surface area contributed by atoms with Crippen LogP contribution in [0.5, 0.6) is 0 Å². The Balaban J connectivity index is 2.31. The molecule has 0 amide bonds. The van der Waals surface area contributed by atoms with Crippen LogP contribution in [0.4, 0.5) is 0 Å². The van der Waals surface area contributed by atoms with Gasteiger partial charge >= 0.3 is 0 Å². The molecular formula is C15H26N4. The lowest BCUT2D eigenvalue weighted by Gasteiger charge is -2.34. The van der Waals surface area contributed by atoms with Crippen molar-refractivity contribution in [2.45, 2.75) is 39.2 Å². The maximum absolute atomic E-state index is 4.69. The molecule has 1 N–H and O–H groups in total. The van der Waals surface area contributed by atoms with E-state index >= 15 is 0 Å². The Hall–Kier alpha value is -1.00. The van der Waals surface area contributed by atoms with Gasteiger partial charge in [-0.2, -0.15) is 0 Å². The first-order valence-corrected chi connectivity index (χ1v) is 7.44. The van der Waals surface area contributed by atoms with Crippen molar-refractivity contribution in [2.75, 3.05) is 26.7 Å². The van der Waals surface area contributed by atoms with Gasteiger partial charge in [-0.3, -0.25) is 4.90 Å². The summed E-state index contributed by atoms with van der Waals surface area (Å²) < 4.78 is 0. The second-order valence-corrected chi connectivity index (χ2v) is 5.42. The Kier molecular flexibility index (Phi) is 5.28. The van der Waals surface area contributed by atoms with Crippen LogP contribution < -0.4 is 5.32 Å². The third kappa shape index (κ3) is 3.51. The van der Waals surface area contributed by atoms with Crippen LogP contribution in [0, 0.1) is 12.8 Å². The van der Waals surface area contributed by atoms with Gasteiger partial charge in [-0.15, -0.1) is 0 Å². The largest absolute Gasteiger partial charge is 0.319 e. The van der Waals surface area contributed by atoms with Gasteiger partial charge < -0.3 is 5.32 Å². The highest BCUT2D eigenvalue weighted by Gasteiger charge is 2.30. The van der Waals surface area contributed by atoms with E-state index in [0.717, 1.165) is 18.9 Å². The molecule has 1 saturated heterocycles. The Bertz CT molecular complexity index is 393. The number of hydrogen-bond acceptors (Lipinski definition) is 4. The average Bonchev–Trinajstić information content (AvgIpc) is 2.61. The zero-order valence-electron chi connectivity index (χ0n) is 12.4. The highest BCUT2D eigenvalue weighted by Crippen LogP contribution is 2.33. The van der Waals surface area contributed by atoms with Crippen molar-refractivity contribution in [3.05, 3.63) is 23.8 Å². The van der Waals surface area contributed by atoms with Crippen LogP contribution >= 0.6 is 0 Å². The highest BCUT2D eigenvalue weighted by atomic mass is 15.2. The van der Waals surface area contributed by atoms with Crippen LogP contribution in [0.3, 0.4) is 0 Å². The quantitative estimate of drug-likeness (QED) is 0.903. The van der Waals surface area contributed by atoms with Crippen molar-refractivity contribution >= 4 is 0 Å². The second kappa shape index (κ2) is 6.96. The molecule has 106 valence electrons. The fraction of sp³-hybridized carbons (Fsp3) is 0.733. The third-order valence-electron chi connectivity index (χ3n) is 4.08. The van der Waals surface area contributed by atoms with Gasteiger partial charge in [-0.05, 0) is 58.4 Å². The molecule has 0 spiro atoms. The van der Waals surface area contributed by atoms with Crippen molar-refractivity contribution in [1.29, 1.82) is 0 Å². The van der Waals surface area contributed by atoms with E-state index in [4.69, 9.17) is 0 Å². The summed E-state index contributed by atoms with van der Waals surface area (Å²) in [7, 11) is 2.05. The molecule has 0 bridgehead atoms. The maximum Gasteiger partial charge on any atom is 0.125 e. The summed E-state index contributed by atoms with van der Waals surface area (Å²) in [5, 5.41) is 3.35. The van der Waals surface area contributed by atoms with Gasteiger partial charge in [0, 0.05) is 6.20 Å². The molecule has 2 rings (SSSR count). The average molecular weight is 262 g/mol. The van der Waals surface area contributed by atoms with E-state index in [9.17, 15) is 0 Å². The number of aromatic nitrogens is 2. The van der Waals surface area contributed by atoms with Crippen molar-refractivity contribution in [3.63, 3.8) is 0 Å². The second-order valence-electron chi connectivity index (χ2n) is 5.42. The minimum atomic E-state index is 0.432. The van der Waals surface area contributed by atoms with Crippen LogP contribution in [-0.4, -0.2) is 41.5 Å². The summed E-state index contributed by atoms with van der Waals surface area (Å²) >= 11 is 0. The molecule has 1 fully saturated rings. The lowest BCUT2D eigenvalue weighted by molar-refractivity contribution is 0.158. The molecule has 4 nitrogen and oxygen atoms in total. The van der Waals surface area contributed by atoms with Crippen molar-refractivity contribution < 1.29 is 0 Å². The molecule has 1 aromatic rings. The van der Waals surface area contributed by atoms with Gasteiger partial charge in [0.2, 0.25) is 0 Å². The van der Waals surface area contributed by atoms with Crippen LogP contribution in [0.15, 0.2) is 12.3 Å². The van der Waals surface area contributed by atoms with Crippen molar-refractivity contribution in [1.82, 2.24) is 20.2 Å². The van der Waals surface area contributed by atoms with Gasteiger partial charge in [0.25, 0.3) is 0 Å². The van der Waals surface area contributed by atoms with E-state index in [1.165, 1.54) is 31.5 Å². The summed E-state index contributed by atoms with van der Waals surface area (Å²) in [6, 6.07) is 2.52. The van der Waals surface area contributed by atoms with Gasteiger partial charge in [-0.25, -0.2) is 9.97 Å². The summed E-state index contributed by atoms with van der Waals surface area (Å²) in [4.78, 5) is 11.5. The summed E-state index contributed by atoms with van der Waals surface area (Å²) in [5.74, 6) is 1.52. The lowest BCUT2D eigenvalue weighted by atomic mass is 9.92. The number of aryl methyl sites for hydroxylation is 1. The molecule has 0 aliphatic carbocycles. The summed E-state index contributed by atoms with van der Waals surface area (Å²) in [6.45, 7) is 7.56. The van der Waals surface area contributed by atoms with Gasteiger partial charge in [0.05, 0.1) is 11.7 Å². The number of likely N-dealkylation sites (tertiary alicyclic amines) is 1. The molecule has 0 radical (unpaired) electrons. The molecule has 1 aromatic heterocycles. The number of nitrogens with one attached hydrogen (secondary N) is 1. The summed E-state index contributed by atoms with van der Waals surface area (Å²) in [5.41, 5.74) is 1.19. The number of rotatable bonds is 4. The maximum atomic E-state index is 4.69. The molecule has 2 unspecified atom stereocenters. The van der Waals surface area contributed by atoms with Crippen LogP contribution in [0.25, 0.3) is 0 Å². The molecule has 19 heavy (non-hydrogen) atoms. The number of nitrogens with zero attached hydrogens (tertiary/aromatic N) is 3. The molecule has 1 aliphatic rings. The smallest absolute Gasteiger partial charge is 0.125 e. The molecule has 0 aromatic carbocycles. The standard InChI is InChI=1S/C15H26N4/c1-4-19-10-6-5-7-13(11-16-3)15(19)14-8-9-17-12(2)18-14/h8-9,13,15-16H,4-7,10-11H2,1-3H3. The minimum Gasteiger partial charge on any atom is -0.319 e. The van der Waals surface area contributed by atoms with Gasteiger partial charge in [0.15, 0.2) is 0 Å². The first-order chi connectivity index (χ1) is 9.26. The predicted octanol–water partition coefficient (Wildman–Crippen LogP) is 2.17. The SMILES string of the molecule is CCN1CCCCC(CNC)C1c1ccnc(C)n1. The van der Waals surface area contributed by atoms with Crippen LogP contribution in [0.2, 0.25) is 0 Å². The predicted molar refractivity (Wildman–Crippen MR) is 78.0 cm³/mol. The Labute approximate surface area is 116 Å². The van der Waals surface area contributed by atoms with E-state index < -0.39 is 0 Å². The fourth-order valence-corrected chi connectivity index (χ4v) is 3.21. The third-order valence-corrected chi connectivity index (χ3v) is 4.08. The lowest BCUT2D eigenvalue weighted by Crippen LogP contribution is -2.36. The first-order valence-electron chi connectivity index (χ1n) is 7.44. The van der Waals surface area contributed by atoms with E-state index in [2.05, 4.69) is 33.2 Å². The Morgan fingerprint density at radius 1 is 1.42 bits per heavy atom. The van der Waals surface area contributed by atoms with E-state index in [1.54, 1.807) is 0 Å². The Morgan fingerprint density at radius 2 is 2.26 bits per heavy atom. The van der Waals surface area contributed by atoms with E-state index in [1.807, 2.05) is 20.2 Å². The van der Waals surface area contributed by atoms with E-state index in [-0.39, 0.29) is 0 Å². The highest BCUT2D eigenvalue weighted by molar-refractivity contribution is 5.10. The molecule has 2 heterocycles. The molecule has 2 atom stereocenters. The fourth-order valence-electron chi connectivity index (χ4n) is 3.21. The van der Waals surface area contributed by atoms with Crippen molar-refractivity contribution in [3.8, 4) is 0 Å². The van der Waals surface area contributed by atoms with Crippen LogP contribution in [0.1, 0.15) is 43.7 Å². The molecule has 0 saturated carbocycles. The topological polar surface area (TPSA) is 41.0 Å². The zero-order valence-corrected chi connectivity index (χ0v) is 12.4. The first kappa shape index (κ1) is 14.4. The van der Waals surface area contributed by atoms with Crippen molar-refractivity contribution in [2.24, 2.45) is 5.92 Å². The molecule has 4 heteroatoms. The van der Waals surface area contributed by atoms with Crippen LogP contribution in [-0.2, 0) is 0 Å². The monoisotopic (exact) mass is 262 g/mol. The Morgan fingerprint density at radius 3 is 2.95 bits per heavy atom.